The Morgan fingerprint density at radius 2 is 1.38 bits per heavy atom. The number of nitrogens with zero attached hydrogens (tertiary/aromatic N) is 1. The Balaban J connectivity index is 1.63. The largest absolute Gasteiger partial charge is 0.322 e. The molecule has 10 heteroatoms. The van der Waals surface area contributed by atoms with Crippen molar-refractivity contribution in [3.63, 3.8) is 0 Å². The van der Waals surface area contributed by atoms with E-state index in [0.717, 1.165) is 10.5 Å². The van der Waals surface area contributed by atoms with E-state index in [1.165, 1.54) is 0 Å². The van der Waals surface area contributed by atoms with E-state index in [-0.39, 0.29) is 17.0 Å². The summed E-state index contributed by atoms with van der Waals surface area (Å²) in [5, 5.41) is 3.34. The highest BCUT2D eigenvalue weighted by Crippen LogP contribution is 2.46. The van der Waals surface area contributed by atoms with Crippen LogP contribution in [0.25, 0.3) is 0 Å². The Hall–Kier alpha value is -1.52. The summed E-state index contributed by atoms with van der Waals surface area (Å²) in [6, 6.07) is 11.5. The molecule has 4 rings (SSSR count). The van der Waals surface area contributed by atoms with Gasteiger partial charge in [0.15, 0.2) is 0 Å². The predicted octanol–water partition coefficient (Wildman–Crippen LogP) is 7.75. The van der Waals surface area contributed by atoms with E-state index >= 15 is 0 Å². The highest BCUT2D eigenvalue weighted by atomic mass is 79.9. The number of hydrogen-bond donors (Lipinski definition) is 1. The van der Waals surface area contributed by atoms with Gasteiger partial charge in [-0.2, -0.15) is 0 Å². The van der Waals surface area contributed by atoms with Gasteiger partial charge >= 0.3 is 0 Å². The van der Waals surface area contributed by atoms with E-state index in [0.29, 0.717) is 39.9 Å². The second-order valence-corrected chi connectivity index (χ2v) is 10.5. The molecular weight excluding hydrogens is 695 g/mol. The van der Waals surface area contributed by atoms with Crippen LogP contribution in [0.1, 0.15) is 36.6 Å². The monoisotopic (exact) mass is 702 g/mol. The fourth-order valence-corrected chi connectivity index (χ4v) is 5.90. The second-order valence-electron chi connectivity index (χ2n) is 6.91. The third-order valence-corrected chi connectivity index (χ3v) is 9.94. The lowest BCUT2D eigenvalue weighted by molar-refractivity contribution is 0.0925. The van der Waals surface area contributed by atoms with Crippen molar-refractivity contribution in [3.8, 4) is 0 Å². The summed E-state index contributed by atoms with van der Waals surface area (Å²) in [5.41, 5.74) is 2.73. The average Bonchev–Trinajstić information content (AvgIpc) is 3.03. The number of rotatable bonds is 3. The fraction of sp³-hybridized carbons (Fsp3) is 0.0455. The zero-order chi connectivity index (χ0) is 23.3. The Labute approximate surface area is 222 Å². The third kappa shape index (κ3) is 3.98. The van der Waals surface area contributed by atoms with Crippen LogP contribution < -0.4 is 10.2 Å². The van der Waals surface area contributed by atoms with Gasteiger partial charge in [-0.25, -0.2) is 4.90 Å². The molecule has 0 atom stereocenters. The Kier molecular flexibility index (Phi) is 6.66. The van der Waals surface area contributed by atoms with Crippen molar-refractivity contribution in [2.75, 3.05) is 10.2 Å². The van der Waals surface area contributed by atoms with Gasteiger partial charge in [-0.1, -0.05) is 17.7 Å². The van der Waals surface area contributed by atoms with E-state index in [2.05, 4.69) is 69.0 Å². The molecule has 0 unspecified atom stereocenters. The summed E-state index contributed by atoms with van der Waals surface area (Å²) in [7, 11) is 0. The molecule has 0 spiro atoms. The molecule has 0 aromatic heterocycles. The molecule has 1 aliphatic rings. The molecule has 0 aliphatic carbocycles. The zero-order valence-corrected chi connectivity index (χ0v) is 23.2. The first-order chi connectivity index (χ1) is 15.1. The zero-order valence-electron chi connectivity index (χ0n) is 16.1. The quantitative estimate of drug-likeness (QED) is 0.172. The van der Waals surface area contributed by atoms with Crippen molar-refractivity contribution in [1.82, 2.24) is 0 Å². The smallest absolute Gasteiger partial charge is 0.267 e. The van der Waals surface area contributed by atoms with Gasteiger partial charge in [0.1, 0.15) is 0 Å². The Morgan fingerprint density at radius 3 is 1.91 bits per heavy atom. The van der Waals surface area contributed by atoms with Gasteiger partial charge in [-0.3, -0.25) is 14.4 Å². The topological polar surface area (TPSA) is 66.5 Å². The van der Waals surface area contributed by atoms with Crippen molar-refractivity contribution in [3.05, 3.63) is 87.6 Å². The molecule has 0 fully saturated rings. The number of imide groups is 1. The first kappa shape index (κ1) is 23.6. The number of anilines is 2. The van der Waals surface area contributed by atoms with Crippen molar-refractivity contribution in [2.24, 2.45) is 0 Å². The van der Waals surface area contributed by atoms with Crippen LogP contribution in [0.15, 0.2) is 60.4 Å². The maximum Gasteiger partial charge on any atom is 0.267 e. The highest BCUT2D eigenvalue weighted by Gasteiger charge is 2.41. The van der Waals surface area contributed by atoms with Crippen LogP contribution in [0.4, 0.5) is 11.4 Å². The van der Waals surface area contributed by atoms with Crippen molar-refractivity contribution in [2.45, 2.75) is 6.92 Å². The molecule has 1 N–H and O–H groups in total. The van der Waals surface area contributed by atoms with Gasteiger partial charge in [-0.15, -0.1) is 0 Å². The number of carbonyl (C=O) groups is 3. The Morgan fingerprint density at radius 1 is 0.844 bits per heavy atom. The van der Waals surface area contributed by atoms with Crippen LogP contribution in [-0.4, -0.2) is 17.7 Å². The minimum absolute atomic E-state index is 0.259. The molecule has 0 bridgehead atoms. The molecular formula is C22H11Br4ClN2O3. The molecule has 5 nitrogen and oxygen atoms in total. The van der Waals surface area contributed by atoms with Crippen molar-refractivity contribution < 1.29 is 14.4 Å². The van der Waals surface area contributed by atoms with Gasteiger partial charge in [0.2, 0.25) is 0 Å². The van der Waals surface area contributed by atoms with Crippen molar-refractivity contribution in [1.29, 1.82) is 0 Å². The molecule has 1 heterocycles. The minimum Gasteiger partial charge on any atom is -0.322 e. The van der Waals surface area contributed by atoms with E-state index in [9.17, 15) is 14.4 Å². The number of hydrogen-bond acceptors (Lipinski definition) is 3. The van der Waals surface area contributed by atoms with Gasteiger partial charge in [-0.05, 0) is 113 Å². The average molecular weight is 706 g/mol. The summed E-state index contributed by atoms with van der Waals surface area (Å²) in [4.78, 5) is 39.9. The van der Waals surface area contributed by atoms with Crippen LogP contribution in [-0.2, 0) is 0 Å². The highest BCUT2D eigenvalue weighted by molar-refractivity contribution is 9.15. The summed E-state index contributed by atoms with van der Waals surface area (Å²) >= 11 is 19.6. The molecule has 3 aromatic rings. The molecule has 32 heavy (non-hydrogen) atoms. The second kappa shape index (κ2) is 9.02. The SMILES string of the molecule is Cc1ccc(Cl)cc1NC(=O)c1ccc(N2C(=O)c3c(Br)c(Br)c(Br)c(Br)c3C2=O)cc1. The lowest BCUT2D eigenvalue weighted by Crippen LogP contribution is -2.29. The number of benzene rings is 3. The molecule has 0 radical (unpaired) electrons. The van der Waals surface area contributed by atoms with Crippen molar-refractivity contribution >= 4 is 104 Å². The van der Waals surface area contributed by atoms with E-state index in [1.807, 2.05) is 13.0 Å². The van der Waals surface area contributed by atoms with Crippen LogP contribution in [0, 0.1) is 6.92 Å². The van der Waals surface area contributed by atoms with Crippen LogP contribution in [0.3, 0.4) is 0 Å². The molecule has 3 aromatic carbocycles. The van der Waals surface area contributed by atoms with Gasteiger partial charge in [0.05, 0.1) is 16.8 Å². The third-order valence-electron chi connectivity index (χ3n) is 4.94. The number of nitrogens with one attached hydrogen (secondary N) is 1. The number of halogens is 5. The summed E-state index contributed by atoms with van der Waals surface area (Å²) in [6.45, 7) is 1.87. The summed E-state index contributed by atoms with van der Waals surface area (Å²) in [5.74, 6) is -1.25. The predicted molar refractivity (Wildman–Crippen MR) is 139 cm³/mol. The fourth-order valence-electron chi connectivity index (χ4n) is 3.27. The van der Waals surface area contributed by atoms with Gasteiger partial charge < -0.3 is 5.32 Å². The van der Waals surface area contributed by atoms with Gasteiger partial charge in [0, 0.05) is 34.2 Å². The first-order valence-corrected chi connectivity index (χ1v) is 12.6. The Bertz CT molecular complexity index is 1280. The maximum atomic E-state index is 13.1. The number of amides is 3. The van der Waals surface area contributed by atoms with Crippen LogP contribution in [0.2, 0.25) is 5.02 Å². The van der Waals surface area contributed by atoms with Gasteiger partial charge in [0.25, 0.3) is 17.7 Å². The maximum absolute atomic E-state index is 13.1. The van der Waals surface area contributed by atoms with E-state index in [4.69, 9.17) is 11.6 Å². The molecule has 3 amide bonds. The van der Waals surface area contributed by atoms with E-state index < -0.39 is 11.8 Å². The first-order valence-electron chi connectivity index (χ1n) is 9.04. The molecule has 0 saturated carbocycles. The normalized spacial score (nSPS) is 12.9. The summed E-state index contributed by atoms with van der Waals surface area (Å²) < 4.78 is 2.21. The molecule has 0 saturated heterocycles. The molecule has 1 aliphatic heterocycles. The standard InChI is InChI=1S/C22H11Br4ClN2O3/c1-9-2-5-11(27)8-13(9)28-20(30)10-3-6-12(7-4-10)29-21(31)14-15(22(29)32)17(24)19(26)18(25)16(14)23/h2-8H,1H3,(H,28,30). The number of fused-ring (bicyclic) bond motifs is 1. The van der Waals surface area contributed by atoms with Crippen LogP contribution in [0.5, 0.6) is 0 Å². The number of aryl methyl sites for hydroxylation is 1. The minimum atomic E-state index is -0.461. The number of carbonyl (C=O) groups excluding carboxylic acids is 3. The lowest BCUT2D eigenvalue weighted by Gasteiger charge is -2.15. The van der Waals surface area contributed by atoms with E-state index in [1.54, 1.807) is 36.4 Å². The van der Waals surface area contributed by atoms with Crippen LogP contribution >= 0.6 is 75.3 Å². The summed E-state index contributed by atoms with van der Waals surface area (Å²) in [6.07, 6.45) is 0. The lowest BCUT2D eigenvalue weighted by atomic mass is 10.1. The molecule has 162 valence electrons.